The molecule has 0 heterocycles. The van der Waals surface area contributed by atoms with Crippen LogP contribution in [0, 0.1) is 0 Å². The number of benzene rings is 1. The molecule has 0 saturated carbocycles. The van der Waals surface area contributed by atoms with Gasteiger partial charge >= 0.3 is 0 Å². The van der Waals surface area contributed by atoms with Crippen molar-refractivity contribution >= 4 is 16.8 Å². The van der Waals surface area contributed by atoms with Gasteiger partial charge in [-0.3, -0.25) is 9.69 Å². The molecule has 94 valence electrons. The van der Waals surface area contributed by atoms with Crippen molar-refractivity contribution in [2.45, 2.75) is 19.8 Å². The Hall–Kier alpha value is -1.06. The molecule has 0 saturated heterocycles. The van der Waals surface area contributed by atoms with Gasteiger partial charge in [0.05, 0.1) is 0 Å². The fraction of sp³-hybridized carbons (Fsp3) is 0.462. The van der Waals surface area contributed by atoms with Crippen LogP contribution in [-0.4, -0.2) is 30.5 Å². The summed E-state index contributed by atoms with van der Waals surface area (Å²) in [6.45, 7) is 3.68. The van der Waals surface area contributed by atoms with Crippen molar-refractivity contribution < 1.29 is 9.53 Å². The van der Waals surface area contributed by atoms with E-state index in [2.05, 4.69) is 11.8 Å². The Labute approximate surface area is 107 Å². The van der Waals surface area contributed by atoms with Gasteiger partial charge in [0.25, 0.3) is 5.24 Å². The molecule has 0 aliphatic heterocycles. The largest absolute Gasteiger partial charge is 0.478 e. The molecule has 1 aromatic rings. The van der Waals surface area contributed by atoms with Crippen molar-refractivity contribution in [1.29, 1.82) is 0 Å². The van der Waals surface area contributed by atoms with Gasteiger partial charge in [-0.2, -0.15) is 0 Å². The second kappa shape index (κ2) is 7.30. The third kappa shape index (κ3) is 5.20. The van der Waals surface area contributed by atoms with Crippen LogP contribution in [0.4, 0.5) is 0 Å². The molecule has 4 heteroatoms. The lowest BCUT2D eigenvalue weighted by Gasteiger charge is -2.17. The molecule has 0 fully saturated rings. The molecule has 1 aromatic carbocycles. The van der Waals surface area contributed by atoms with E-state index in [9.17, 15) is 4.79 Å². The van der Waals surface area contributed by atoms with Gasteiger partial charge in [-0.05, 0) is 43.3 Å². The van der Waals surface area contributed by atoms with Crippen LogP contribution in [0.3, 0.4) is 0 Å². The van der Waals surface area contributed by atoms with Crippen molar-refractivity contribution in [3.05, 3.63) is 29.8 Å². The Morgan fingerprint density at radius 3 is 2.88 bits per heavy atom. The average Bonchev–Trinajstić information content (AvgIpc) is 2.34. The Kier molecular flexibility index (Phi) is 6.01. The van der Waals surface area contributed by atoms with Crippen molar-refractivity contribution in [3.8, 4) is 5.75 Å². The van der Waals surface area contributed by atoms with E-state index < -0.39 is 5.24 Å². The third-order valence-electron chi connectivity index (χ3n) is 2.41. The maximum absolute atomic E-state index is 11.0. The first-order valence-electron chi connectivity index (χ1n) is 5.74. The molecule has 0 aromatic heterocycles. The van der Waals surface area contributed by atoms with E-state index in [0.29, 0.717) is 18.0 Å². The molecular formula is C13H18ClNO2. The standard InChI is InChI=1S/C13H18ClNO2/c1-3-4-8-15(2)10-17-12-7-5-6-11(9-12)13(14)16/h5-7,9H,3-4,8,10H2,1-2H3. The Bertz CT molecular complexity index is 368. The smallest absolute Gasteiger partial charge is 0.252 e. The van der Waals surface area contributed by atoms with Gasteiger partial charge in [0.2, 0.25) is 0 Å². The maximum atomic E-state index is 11.0. The van der Waals surface area contributed by atoms with Crippen LogP contribution in [0.15, 0.2) is 24.3 Å². The Morgan fingerprint density at radius 1 is 1.47 bits per heavy atom. The molecular weight excluding hydrogens is 238 g/mol. The van der Waals surface area contributed by atoms with Crippen molar-refractivity contribution in [2.24, 2.45) is 0 Å². The fourth-order valence-corrected chi connectivity index (χ4v) is 1.50. The zero-order valence-corrected chi connectivity index (χ0v) is 11.0. The molecule has 1 rings (SSSR count). The normalized spacial score (nSPS) is 10.6. The van der Waals surface area contributed by atoms with Gasteiger partial charge in [0.15, 0.2) is 0 Å². The van der Waals surface area contributed by atoms with Crippen LogP contribution in [0.5, 0.6) is 5.75 Å². The summed E-state index contributed by atoms with van der Waals surface area (Å²) in [4.78, 5) is 13.1. The van der Waals surface area contributed by atoms with E-state index in [0.717, 1.165) is 13.0 Å². The van der Waals surface area contributed by atoms with Gasteiger partial charge in [0.1, 0.15) is 12.5 Å². The van der Waals surface area contributed by atoms with E-state index in [1.165, 1.54) is 6.42 Å². The summed E-state index contributed by atoms with van der Waals surface area (Å²) < 4.78 is 5.57. The van der Waals surface area contributed by atoms with Gasteiger partial charge in [-0.1, -0.05) is 19.4 Å². The lowest BCUT2D eigenvalue weighted by Crippen LogP contribution is -2.24. The molecule has 3 nitrogen and oxygen atoms in total. The lowest BCUT2D eigenvalue weighted by molar-refractivity contribution is 0.108. The summed E-state index contributed by atoms with van der Waals surface area (Å²) in [5.41, 5.74) is 0.459. The summed E-state index contributed by atoms with van der Waals surface area (Å²) in [6.07, 6.45) is 2.32. The van der Waals surface area contributed by atoms with Gasteiger partial charge in [0, 0.05) is 12.1 Å². The number of carbonyl (C=O) groups excluding carboxylic acids is 1. The quantitative estimate of drug-likeness (QED) is 0.554. The molecule has 0 N–H and O–H groups in total. The monoisotopic (exact) mass is 255 g/mol. The van der Waals surface area contributed by atoms with Gasteiger partial charge in [-0.25, -0.2) is 0 Å². The van der Waals surface area contributed by atoms with E-state index in [1.807, 2.05) is 13.1 Å². The molecule has 0 aliphatic carbocycles. The summed E-state index contributed by atoms with van der Waals surface area (Å²) in [6, 6.07) is 6.90. The third-order valence-corrected chi connectivity index (χ3v) is 2.62. The number of hydrogen-bond acceptors (Lipinski definition) is 3. The van der Waals surface area contributed by atoms with E-state index >= 15 is 0 Å². The number of carbonyl (C=O) groups is 1. The predicted molar refractivity (Wildman–Crippen MR) is 69.7 cm³/mol. The fourth-order valence-electron chi connectivity index (χ4n) is 1.39. The maximum Gasteiger partial charge on any atom is 0.252 e. The van der Waals surface area contributed by atoms with E-state index in [-0.39, 0.29) is 0 Å². The van der Waals surface area contributed by atoms with E-state index in [4.69, 9.17) is 16.3 Å². The molecule has 17 heavy (non-hydrogen) atoms. The summed E-state index contributed by atoms with van der Waals surface area (Å²) in [5.74, 6) is 0.667. The van der Waals surface area contributed by atoms with Gasteiger partial charge in [-0.15, -0.1) is 0 Å². The minimum absolute atomic E-state index is 0.459. The van der Waals surface area contributed by atoms with Gasteiger partial charge < -0.3 is 4.74 Å². The number of nitrogens with zero attached hydrogens (tertiary/aromatic N) is 1. The van der Waals surface area contributed by atoms with Crippen LogP contribution < -0.4 is 4.74 Å². The second-order valence-electron chi connectivity index (χ2n) is 4.01. The molecule has 0 amide bonds. The highest BCUT2D eigenvalue weighted by molar-refractivity contribution is 6.67. The number of ether oxygens (including phenoxy) is 1. The SMILES string of the molecule is CCCCN(C)COc1cccc(C(=O)Cl)c1. The van der Waals surface area contributed by atoms with Crippen molar-refractivity contribution in [1.82, 2.24) is 4.90 Å². The van der Waals surface area contributed by atoms with Crippen LogP contribution >= 0.6 is 11.6 Å². The van der Waals surface area contributed by atoms with E-state index in [1.54, 1.807) is 18.2 Å². The first kappa shape index (κ1) is 14.0. The zero-order valence-electron chi connectivity index (χ0n) is 10.3. The van der Waals surface area contributed by atoms with Crippen LogP contribution in [-0.2, 0) is 0 Å². The highest BCUT2D eigenvalue weighted by Crippen LogP contribution is 2.15. The highest BCUT2D eigenvalue weighted by Gasteiger charge is 2.04. The molecule has 0 bridgehead atoms. The second-order valence-corrected chi connectivity index (χ2v) is 4.35. The number of rotatable bonds is 7. The predicted octanol–water partition coefficient (Wildman–Crippen LogP) is 3.13. The topological polar surface area (TPSA) is 29.5 Å². The lowest BCUT2D eigenvalue weighted by atomic mass is 10.2. The van der Waals surface area contributed by atoms with Crippen LogP contribution in [0.25, 0.3) is 0 Å². The molecule has 0 aliphatic rings. The Morgan fingerprint density at radius 2 is 2.24 bits per heavy atom. The molecule has 0 atom stereocenters. The number of unbranched alkanes of at least 4 members (excludes halogenated alkanes) is 1. The average molecular weight is 256 g/mol. The number of hydrogen-bond donors (Lipinski definition) is 0. The first-order chi connectivity index (χ1) is 8.13. The highest BCUT2D eigenvalue weighted by atomic mass is 35.5. The van der Waals surface area contributed by atoms with Crippen LogP contribution in [0.1, 0.15) is 30.1 Å². The van der Waals surface area contributed by atoms with Crippen molar-refractivity contribution in [3.63, 3.8) is 0 Å². The molecule has 0 spiro atoms. The summed E-state index contributed by atoms with van der Waals surface area (Å²) in [7, 11) is 2.01. The first-order valence-corrected chi connectivity index (χ1v) is 6.12. The molecule has 0 unspecified atom stereocenters. The number of halogens is 1. The minimum Gasteiger partial charge on any atom is -0.478 e. The van der Waals surface area contributed by atoms with Crippen LogP contribution in [0.2, 0.25) is 0 Å². The summed E-state index contributed by atoms with van der Waals surface area (Å²) >= 11 is 5.40. The molecule has 0 radical (unpaired) electrons. The zero-order chi connectivity index (χ0) is 12.7. The minimum atomic E-state index is -0.463. The summed E-state index contributed by atoms with van der Waals surface area (Å²) in [5, 5.41) is -0.463. The van der Waals surface area contributed by atoms with Crippen molar-refractivity contribution in [2.75, 3.05) is 20.3 Å². The Balaban J connectivity index is 2.46.